The van der Waals surface area contributed by atoms with E-state index in [1.807, 2.05) is 0 Å². The van der Waals surface area contributed by atoms with E-state index in [0.717, 1.165) is 11.8 Å². The maximum absolute atomic E-state index is 10.6. The highest BCUT2D eigenvalue weighted by atomic mass is 28.4. The molecule has 3 heteroatoms. The van der Waals surface area contributed by atoms with E-state index >= 15 is 0 Å². The van der Waals surface area contributed by atoms with Gasteiger partial charge in [-0.25, -0.2) is 0 Å². The second-order valence-electron chi connectivity index (χ2n) is 12.3. The van der Waals surface area contributed by atoms with Crippen LogP contribution in [0.3, 0.4) is 0 Å². The third kappa shape index (κ3) is 3.02. The first-order valence-electron chi connectivity index (χ1n) is 12.0. The lowest BCUT2D eigenvalue weighted by atomic mass is 9.47. The molecule has 0 radical (unpaired) electrons. The summed E-state index contributed by atoms with van der Waals surface area (Å²) in [5.74, 6) is 2.31. The molecule has 160 valence electrons. The molecule has 4 aliphatic rings. The molecule has 3 fully saturated rings. The van der Waals surface area contributed by atoms with Gasteiger partial charge in [-0.3, -0.25) is 0 Å². The Kier molecular flexibility index (Phi) is 5.24. The van der Waals surface area contributed by atoms with Crippen LogP contribution >= 0.6 is 0 Å². The molecular formula is C25H44O2Si. The van der Waals surface area contributed by atoms with Gasteiger partial charge in [0.05, 0.1) is 12.7 Å². The van der Waals surface area contributed by atoms with Gasteiger partial charge < -0.3 is 9.53 Å². The zero-order chi connectivity index (χ0) is 20.4. The van der Waals surface area contributed by atoms with Crippen molar-refractivity contribution < 1.29 is 9.53 Å². The number of rotatable bonds is 3. The summed E-state index contributed by atoms with van der Waals surface area (Å²) in [7, 11) is -1.74. The summed E-state index contributed by atoms with van der Waals surface area (Å²) in [5.41, 5.74) is 2.10. The number of allylic oxidation sites excluding steroid dienone is 1. The third-order valence-corrected chi connectivity index (χ3v) is 14.7. The van der Waals surface area contributed by atoms with Gasteiger partial charge in [-0.15, -0.1) is 0 Å². The maximum Gasteiger partial charge on any atom is 0.192 e. The maximum atomic E-state index is 10.6. The highest BCUT2D eigenvalue weighted by molar-refractivity contribution is 6.74. The fourth-order valence-electron chi connectivity index (χ4n) is 7.51. The lowest BCUT2D eigenvalue weighted by Crippen LogP contribution is -2.55. The van der Waals surface area contributed by atoms with E-state index in [1.165, 1.54) is 57.8 Å². The van der Waals surface area contributed by atoms with Gasteiger partial charge >= 0.3 is 0 Å². The molecule has 0 heterocycles. The molecule has 0 spiro atoms. The van der Waals surface area contributed by atoms with Crippen molar-refractivity contribution in [2.75, 3.05) is 6.61 Å². The van der Waals surface area contributed by atoms with Gasteiger partial charge in [0.25, 0.3) is 0 Å². The summed E-state index contributed by atoms with van der Waals surface area (Å²) in [6.45, 7) is 14.9. The second-order valence-corrected chi connectivity index (χ2v) is 17.1. The van der Waals surface area contributed by atoms with Gasteiger partial charge in [-0.1, -0.05) is 39.3 Å². The molecule has 28 heavy (non-hydrogen) atoms. The standard InChI is InChI=1S/C25H44O2Si/c1-23(2,3)28(5,6)27-22-13-12-20-19-11-10-18-9-7-8-15-25(18,17-26)21(19)14-16-24(20,22)4/h9,19-22,26H,7-8,10-17H2,1-6H3/t19-,20-,21-,22-,24-,25+/m0/s1. The van der Waals surface area contributed by atoms with Crippen LogP contribution in [0.4, 0.5) is 0 Å². The quantitative estimate of drug-likeness (QED) is 0.419. The van der Waals surface area contributed by atoms with Crippen molar-refractivity contribution in [2.45, 2.75) is 110 Å². The Hall–Kier alpha value is -0.123. The minimum atomic E-state index is -1.74. The van der Waals surface area contributed by atoms with Crippen molar-refractivity contribution in [1.82, 2.24) is 0 Å². The van der Waals surface area contributed by atoms with Crippen LogP contribution in [0.25, 0.3) is 0 Å². The van der Waals surface area contributed by atoms with Gasteiger partial charge in [-0.05, 0) is 99.1 Å². The first-order valence-corrected chi connectivity index (χ1v) is 14.9. The fraction of sp³-hybridized carbons (Fsp3) is 0.920. The molecule has 0 aromatic heterocycles. The van der Waals surface area contributed by atoms with E-state index in [1.54, 1.807) is 5.57 Å². The van der Waals surface area contributed by atoms with Crippen LogP contribution in [0.1, 0.15) is 85.5 Å². The Morgan fingerprint density at radius 3 is 2.54 bits per heavy atom. The molecule has 0 bridgehead atoms. The van der Waals surface area contributed by atoms with E-state index in [-0.39, 0.29) is 10.5 Å². The Morgan fingerprint density at radius 1 is 1.11 bits per heavy atom. The average Bonchev–Trinajstić information content (AvgIpc) is 2.96. The van der Waals surface area contributed by atoms with Crippen molar-refractivity contribution in [3.63, 3.8) is 0 Å². The first kappa shape index (κ1) is 21.1. The topological polar surface area (TPSA) is 29.5 Å². The Morgan fingerprint density at radius 2 is 1.86 bits per heavy atom. The van der Waals surface area contributed by atoms with Gasteiger partial charge in [0.2, 0.25) is 0 Å². The molecule has 0 aromatic rings. The minimum absolute atomic E-state index is 0.126. The van der Waals surface area contributed by atoms with Gasteiger partial charge in [0.1, 0.15) is 0 Å². The molecule has 0 aliphatic heterocycles. The summed E-state index contributed by atoms with van der Waals surface area (Å²) in [4.78, 5) is 0. The molecule has 6 atom stereocenters. The van der Waals surface area contributed by atoms with Gasteiger partial charge in [0.15, 0.2) is 8.32 Å². The summed E-state index contributed by atoms with van der Waals surface area (Å²) in [6.07, 6.45) is 14.5. The Bertz CT molecular complexity index is 633. The molecule has 0 amide bonds. The van der Waals surface area contributed by atoms with E-state index in [9.17, 15) is 5.11 Å². The highest BCUT2D eigenvalue weighted by Gasteiger charge is 2.60. The largest absolute Gasteiger partial charge is 0.413 e. The Labute approximate surface area is 174 Å². The summed E-state index contributed by atoms with van der Waals surface area (Å²) < 4.78 is 7.05. The van der Waals surface area contributed by atoms with Crippen LogP contribution in [0.2, 0.25) is 18.1 Å². The van der Waals surface area contributed by atoms with Crippen LogP contribution in [-0.4, -0.2) is 26.1 Å². The van der Waals surface area contributed by atoms with Crippen LogP contribution in [0.5, 0.6) is 0 Å². The number of hydrogen-bond donors (Lipinski definition) is 1. The predicted octanol–water partition coefficient (Wildman–Crippen LogP) is 6.70. The van der Waals surface area contributed by atoms with Gasteiger partial charge in [-0.2, -0.15) is 0 Å². The van der Waals surface area contributed by atoms with Crippen molar-refractivity contribution in [2.24, 2.45) is 28.6 Å². The van der Waals surface area contributed by atoms with E-state index in [0.29, 0.717) is 24.0 Å². The lowest BCUT2D eigenvalue weighted by molar-refractivity contribution is -0.0876. The summed E-state index contributed by atoms with van der Waals surface area (Å²) in [6, 6.07) is 0. The normalized spacial score (nSPS) is 43.8. The third-order valence-electron chi connectivity index (χ3n) is 10.2. The predicted molar refractivity (Wildman–Crippen MR) is 120 cm³/mol. The van der Waals surface area contributed by atoms with Crippen LogP contribution in [0, 0.1) is 28.6 Å². The van der Waals surface area contributed by atoms with Crippen LogP contribution in [0.15, 0.2) is 11.6 Å². The smallest absolute Gasteiger partial charge is 0.192 e. The molecule has 1 N–H and O–H groups in total. The molecule has 2 nitrogen and oxygen atoms in total. The number of aliphatic hydroxyl groups excluding tert-OH is 1. The number of fused-ring (bicyclic) bond motifs is 5. The van der Waals surface area contributed by atoms with E-state index < -0.39 is 8.32 Å². The molecule has 0 aromatic carbocycles. The molecule has 4 aliphatic carbocycles. The van der Waals surface area contributed by atoms with Gasteiger partial charge in [0, 0.05) is 5.41 Å². The Balaban J connectivity index is 1.59. The second kappa shape index (κ2) is 6.95. The minimum Gasteiger partial charge on any atom is -0.413 e. The van der Waals surface area contributed by atoms with Crippen molar-refractivity contribution in [3.8, 4) is 0 Å². The van der Waals surface area contributed by atoms with Crippen molar-refractivity contribution >= 4 is 8.32 Å². The van der Waals surface area contributed by atoms with E-state index in [4.69, 9.17) is 4.43 Å². The zero-order valence-corrected chi connectivity index (χ0v) is 20.3. The molecule has 0 saturated heterocycles. The lowest BCUT2D eigenvalue weighted by Gasteiger charge is -2.59. The zero-order valence-electron chi connectivity index (χ0n) is 19.3. The van der Waals surface area contributed by atoms with Crippen molar-refractivity contribution in [3.05, 3.63) is 11.6 Å². The first-order chi connectivity index (χ1) is 13.1. The highest BCUT2D eigenvalue weighted by Crippen LogP contribution is 2.66. The van der Waals surface area contributed by atoms with Crippen molar-refractivity contribution in [1.29, 1.82) is 0 Å². The van der Waals surface area contributed by atoms with Crippen LogP contribution in [-0.2, 0) is 4.43 Å². The average molecular weight is 405 g/mol. The molecular weight excluding hydrogens is 360 g/mol. The molecule has 4 rings (SSSR count). The molecule has 0 unspecified atom stereocenters. The fourth-order valence-corrected chi connectivity index (χ4v) is 8.96. The SMILES string of the molecule is CC(C)(C)[Si](C)(C)O[C@H]1CC[C@H]2[C@@H]3CCC4=CCCC[C@]4(CO)[C@H]3CC[C@]12C. The van der Waals surface area contributed by atoms with E-state index in [2.05, 4.69) is 46.9 Å². The van der Waals surface area contributed by atoms with Crippen LogP contribution < -0.4 is 0 Å². The number of hydrogen-bond acceptors (Lipinski definition) is 2. The summed E-state index contributed by atoms with van der Waals surface area (Å²) in [5, 5.41) is 10.8. The monoisotopic (exact) mass is 404 g/mol. The number of aliphatic hydroxyl groups is 1. The summed E-state index contributed by atoms with van der Waals surface area (Å²) >= 11 is 0. The molecule has 3 saturated carbocycles.